The summed E-state index contributed by atoms with van der Waals surface area (Å²) in [7, 11) is 0. The standard InChI is InChI=1S/2C10H9.C2H7Si.Zr/c2*1-8-6-7-9-4-2-3-5-10(8)9;1-3-2;/h2*2-5,7-8H,1H3;3H,1-2H3;. The van der Waals surface area contributed by atoms with E-state index >= 15 is 0 Å². The van der Waals surface area contributed by atoms with Gasteiger partial charge in [-0.05, 0) is 0 Å². The predicted molar refractivity (Wildman–Crippen MR) is 105 cm³/mol. The Balaban J connectivity index is 1.76. The molecule has 2 aliphatic carbocycles. The van der Waals surface area contributed by atoms with E-state index in [1.54, 1.807) is 11.1 Å². The van der Waals surface area contributed by atoms with Crippen molar-refractivity contribution >= 4 is 18.1 Å². The van der Waals surface area contributed by atoms with Crippen molar-refractivity contribution in [1.29, 1.82) is 0 Å². The number of hydrogen-bond acceptors (Lipinski definition) is 0. The second-order valence-corrected chi connectivity index (χ2v) is 26.6. The van der Waals surface area contributed by atoms with Crippen LogP contribution in [-0.4, -0.2) is 5.92 Å². The van der Waals surface area contributed by atoms with Crippen LogP contribution >= 0.6 is 0 Å². The van der Waals surface area contributed by atoms with Gasteiger partial charge in [0, 0.05) is 0 Å². The summed E-state index contributed by atoms with van der Waals surface area (Å²) in [6, 6.07) is 18.1. The average molecular weight is 409 g/mol. The quantitative estimate of drug-likeness (QED) is 0.554. The third-order valence-electron chi connectivity index (χ3n) is 5.68. The molecule has 2 unspecified atom stereocenters. The second-order valence-electron chi connectivity index (χ2n) is 7.47. The minimum absolute atomic E-state index is 0.641. The van der Waals surface area contributed by atoms with E-state index in [1.165, 1.54) is 11.1 Å². The van der Waals surface area contributed by atoms with Gasteiger partial charge < -0.3 is 0 Å². The van der Waals surface area contributed by atoms with E-state index < -0.39 is 26.8 Å². The number of benzene rings is 2. The molecule has 0 aromatic heterocycles. The molecule has 0 nitrogen and oxygen atoms in total. The van der Waals surface area contributed by atoms with Gasteiger partial charge in [-0.2, -0.15) is 0 Å². The van der Waals surface area contributed by atoms with E-state index in [0.29, 0.717) is 11.8 Å². The van der Waals surface area contributed by atoms with Crippen LogP contribution in [0.1, 0.15) is 47.9 Å². The first-order valence-corrected chi connectivity index (χ1v) is 18.7. The molecule has 0 aliphatic heterocycles. The Morgan fingerprint density at radius 1 is 0.708 bits per heavy atom. The van der Waals surface area contributed by atoms with Crippen molar-refractivity contribution in [2.24, 2.45) is 0 Å². The summed E-state index contributed by atoms with van der Waals surface area (Å²) in [4.78, 5) is 0. The maximum atomic E-state index is 2.60. The molecule has 4 rings (SSSR count). The van der Waals surface area contributed by atoms with Gasteiger partial charge >= 0.3 is 155 Å². The SMILES string of the molecule is CC1[C]([Zr]([C]2=Cc3ccccc3C2C)[SiH](C)C)=Cc2ccccc21. The first kappa shape index (κ1) is 16.5. The van der Waals surface area contributed by atoms with E-state index in [-0.39, 0.29) is 0 Å². The number of fused-ring (bicyclic) bond motifs is 2. The van der Waals surface area contributed by atoms with E-state index in [1.807, 2.05) is 6.56 Å². The zero-order valence-corrected chi connectivity index (χ0v) is 18.6. The Morgan fingerprint density at radius 2 is 1.12 bits per heavy atom. The van der Waals surface area contributed by atoms with Crippen LogP contribution in [0.15, 0.2) is 55.1 Å². The summed E-state index contributed by atoms with van der Waals surface area (Å²) >= 11 is -1.75. The van der Waals surface area contributed by atoms with Crippen LogP contribution in [0.4, 0.5) is 0 Å². The van der Waals surface area contributed by atoms with Crippen LogP contribution in [0.25, 0.3) is 12.2 Å². The maximum absolute atomic E-state index is 2.60. The van der Waals surface area contributed by atoms with Gasteiger partial charge in [-0.1, -0.05) is 0 Å². The van der Waals surface area contributed by atoms with Crippen molar-refractivity contribution in [3.05, 3.63) is 77.3 Å². The second kappa shape index (κ2) is 6.39. The summed E-state index contributed by atoms with van der Waals surface area (Å²) in [5.74, 6) is 0.611. The van der Waals surface area contributed by atoms with Crippen LogP contribution in [0, 0.1) is 0 Å². The van der Waals surface area contributed by atoms with Gasteiger partial charge in [-0.3, -0.25) is 0 Å². The average Bonchev–Trinajstić information content (AvgIpc) is 3.07. The van der Waals surface area contributed by atoms with E-state index in [0.717, 1.165) is 0 Å². The first-order chi connectivity index (χ1) is 11.6. The van der Waals surface area contributed by atoms with Gasteiger partial charge in [0.1, 0.15) is 0 Å². The van der Waals surface area contributed by atoms with E-state index in [2.05, 4.69) is 87.6 Å². The van der Waals surface area contributed by atoms with Gasteiger partial charge in [-0.15, -0.1) is 0 Å². The Bertz CT molecular complexity index is 779. The van der Waals surface area contributed by atoms with Crippen molar-refractivity contribution in [2.45, 2.75) is 38.8 Å². The molecule has 0 fully saturated rings. The summed E-state index contributed by atoms with van der Waals surface area (Å²) in [5, 5.41) is 0. The molecule has 0 radical (unpaired) electrons. The van der Waals surface area contributed by atoms with Crippen molar-refractivity contribution in [3.8, 4) is 0 Å². The number of rotatable bonds is 3. The Morgan fingerprint density at radius 3 is 1.50 bits per heavy atom. The molecule has 2 atom stereocenters. The molecule has 0 spiro atoms. The summed E-state index contributed by atoms with van der Waals surface area (Å²) in [5.41, 5.74) is 6.08. The van der Waals surface area contributed by atoms with Gasteiger partial charge in [0.05, 0.1) is 0 Å². The molecule has 0 amide bonds. The van der Waals surface area contributed by atoms with Crippen LogP contribution in [0.5, 0.6) is 0 Å². The van der Waals surface area contributed by atoms with Gasteiger partial charge in [-0.25, -0.2) is 0 Å². The fourth-order valence-electron chi connectivity index (χ4n) is 4.45. The third-order valence-corrected chi connectivity index (χ3v) is 25.2. The van der Waals surface area contributed by atoms with Crippen molar-refractivity contribution in [2.75, 3.05) is 0 Å². The zero-order chi connectivity index (χ0) is 16.8. The van der Waals surface area contributed by atoms with Crippen molar-refractivity contribution in [1.82, 2.24) is 0 Å². The predicted octanol–water partition coefficient (Wildman–Crippen LogP) is 5.90. The van der Waals surface area contributed by atoms with Crippen LogP contribution in [-0.2, 0) is 20.9 Å². The van der Waals surface area contributed by atoms with Crippen LogP contribution in [0.2, 0.25) is 13.1 Å². The Labute approximate surface area is 154 Å². The molecule has 24 heavy (non-hydrogen) atoms. The molecule has 121 valence electrons. The van der Waals surface area contributed by atoms with Gasteiger partial charge in [0.25, 0.3) is 0 Å². The summed E-state index contributed by atoms with van der Waals surface area (Å²) < 4.78 is 3.71. The molecule has 0 N–H and O–H groups in total. The van der Waals surface area contributed by atoms with Crippen LogP contribution < -0.4 is 0 Å². The molecule has 0 saturated carbocycles. The normalized spacial score (nSPS) is 21.4. The summed E-state index contributed by atoms with van der Waals surface area (Å²) in [6.45, 7) is 10.1. The molecule has 2 aromatic carbocycles. The molecule has 2 heteroatoms. The van der Waals surface area contributed by atoms with Gasteiger partial charge in [0.15, 0.2) is 0 Å². The van der Waals surface area contributed by atoms with Gasteiger partial charge in [0.2, 0.25) is 0 Å². The fourth-order valence-corrected chi connectivity index (χ4v) is 25.0. The number of allylic oxidation sites excluding steroid dienone is 2. The Hall–Kier alpha value is -0.980. The molecule has 0 bridgehead atoms. The van der Waals surface area contributed by atoms with Crippen molar-refractivity contribution < 1.29 is 20.9 Å². The zero-order valence-electron chi connectivity index (χ0n) is 15.0. The molecular formula is C22H25SiZr. The topological polar surface area (TPSA) is 0 Å². The van der Waals surface area contributed by atoms with E-state index in [4.69, 9.17) is 0 Å². The van der Waals surface area contributed by atoms with Crippen molar-refractivity contribution in [3.63, 3.8) is 0 Å². The molecule has 0 heterocycles. The van der Waals surface area contributed by atoms with Crippen LogP contribution in [0.3, 0.4) is 0 Å². The monoisotopic (exact) mass is 407 g/mol. The van der Waals surface area contributed by atoms with E-state index in [9.17, 15) is 0 Å². The summed E-state index contributed by atoms with van der Waals surface area (Å²) in [6.07, 6.45) is 5.16. The molecule has 2 aliphatic rings. The fraction of sp³-hybridized carbons (Fsp3) is 0.273. The number of hydrogen-bond donors (Lipinski definition) is 0. The third kappa shape index (κ3) is 2.59. The molecular weight excluding hydrogens is 384 g/mol. The molecule has 2 aromatic rings. The Kier molecular flexibility index (Phi) is 4.39. The minimum atomic E-state index is -1.75. The first-order valence-electron chi connectivity index (χ1n) is 9.06. The molecule has 0 saturated heterocycles.